The Balaban J connectivity index is 1.77. The molecule has 5 nitrogen and oxygen atoms in total. The number of aliphatic imine (C=N–C) groups is 1. The minimum absolute atomic E-state index is 0.0132. The number of allylic oxidation sites excluding steroid dienone is 2. The van der Waals surface area contributed by atoms with E-state index in [-0.39, 0.29) is 40.2 Å². The summed E-state index contributed by atoms with van der Waals surface area (Å²) in [5.74, 6) is -0.840. The van der Waals surface area contributed by atoms with Crippen LogP contribution in [0, 0.1) is 5.41 Å². The quantitative estimate of drug-likeness (QED) is 0.596. The molecule has 1 aliphatic rings. The minimum atomic E-state index is -4.51. The first-order chi connectivity index (χ1) is 14.4. The summed E-state index contributed by atoms with van der Waals surface area (Å²) in [5.41, 5.74) is -0.495. The normalized spacial score (nSPS) is 16.6. The van der Waals surface area contributed by atoms with Crippen LogP contribution in [0.15, 0.2) is 64.9 Å². The molecule has 0 unspecified atom stereocenters. The van der Waals surface area contributed by atoms with Gasteiger partial charge in [-0.05, 0) is 41.8 Å². The van der Waals surface area contributed by atoms with Gasteiger partial charge in [-0.25, -0.2) is 0 Å². The van der Waals surface area contributed by atoms with Crippen LogP contribution < -0.4 is 5.32 Å². The second-order valence-corrected chi connectivity index (χ2v) is 8.14. The van der Waals surface area contributed by atoms with E-state index in [0.717, 1.165) is 12.1 Å². The van der Waals surface area contributed by atoms with Crippen molar-refractivity contribution >= 4 is 29.3 Å². The van der Waals surface area contributed by atoms with E-state index in [1.54, 1.807) is 12.1 Å². The van der Waals surface area contributed by atoms with Gasteiger partial charge in [-0.3, -0.25) is 14.6 Å². The average Bonchev–Trinajstić information content (AvgIpc) is 2.66. The molecule has 0 aliphatic heterocycles. The van der Waals surface area contributed by atoms with Crippen LogP contribution in [0.3, 0.4) is 0 Å². The van der Waals surface area contributed by atoms with Crippen molar-refractivity contribution in [3.8, 4) is 0 Å². The molecule has 1 amide bonds. The molecular weight excluding hydrogens is 409 g/mol. The van der Waals surface area contributed by atoms with Gasteiger partial charge in [0.05, 0.1) is 16.8 Å². The summed E-state index contributed by atoms with van der Waals surface area (Å²) < 4.78 is 38.5. The van der Waals surface area contributed by atoms with Gasteiger partial charge < -0.3 is 10.4 Å². The Bertz CT molecular complexity index is 1090. The molecule has 31 heavy (non-hydrogen) atoms. The molecule has 0 saturated heterocycles. The zero-order chi connectivity index (χ0) is 22.8. The largest absolute Gasteiger partial charge is 0.511 e. The molecule has 0 saturated carbocycles. The third-order valence-electron chi connectivity index (χ3n) is 4.80. The number of benzene rings is 2. The Morgan fingerprint density at radius 3 is 2.52 bits per heavy atom. The topological polar surface area (TPSA) is 78.8 Å². The maximum Gasteiger partial charge on any atom is 0.416 e. The van der Waals surface area contributed by atoms with Crippen molar-refractivity contribution in [2.75, 3.05) is 5.32 Å². The van der Waals surface area contributed by atoms with E-state index in [9.17, 15) is 27.9 Å². The van der Waals surface area contributed by atoms with Gasteiger partial charge in [0.15, 0.2) is 5.78 Å². The lowest BCUT2D eigenvalue weighted by Crippen LogP contribution is -2.26. The number of nitrogens with zero attached hydrogens (tertiary/aromatic N) is 1. The van der Waals surface area contributed by atoms with Gasteiger partial charge >= 0.3 is 6.18 Å². The molecule has 2 aromatic rings. The first-order valence-electron chi connectivity index (χ1n) is 9.53. The summed E-state index contributed by atoms with van der Waals surface area (Å²) >= 11 is 0. The lowest BCUT2D eigenvalue weighted by atomic mass is 9.77. The molecule has 0 atom stereocenters. The van der Waals surface area contributed by atoms with E-state index >= 15 is 0 Å². The van der Waals surface area contributed by atoms with Crippen molar-refractivity contribution in [3.05, 3.63) is 71.0 Å². The van der Waals surface area contributed by atoms with Gasteiger partial charge in [0, 0.05) is 30.3 Å². The number of anilines is 1. The zero-order valence-corrected chi connectivity index (χ0v) is 17.0. The minimum Gasteiger partial charge on any atom is -0.511 e. The number of rotatable bonds is 4. The van der Waals surface area contributed by atoms with E-state index in [0.29, 0.717) is 12.1 Å². The van der Waals surface area contributed by atoms with Crippen LogP contribution in [0.2, 0.25) is 0 Å². The van der Waals surface area contributed by atoms with Crippen molar-refractivity contribution in [3.63, 3.8) is 0 Å². The van der Waals surface area contributed by atoms with Crippen molar-refractivity contribution in [1.29, 1.82) is 0 Å². The van der Waals surface area contributed by atoms with Crippen LogP contribution >= 0.6 is 0 Å². The van der Waals surface area contributed by atoms with Gasteiger partial charge in [0.1, 0.15) is 5.76 Å². The fourth-order valence-corrected chi connectivity index (χ4v) is 3.29. The number of halogens is 3. The SMILES string of the molecule is CC1(C)CC(=O)C(C=Nc2cccc(C(=O)Nc3cccc(C(F)(F)F)c3)c2)=C(O)C1. The Morgan fingerprint density at radius 1 is 1.13 bits per heavy atom. The first-order valence-corrected chi connectivity index (χ1v) is 9.53. The Labute approximate surface area is 177 Å². The standard InChI is InChI=1S/C23H21F3N2O3/c1-22(2)11-19(29)18(20(30)12-22)13-27-16-7-3-5-14(9-16)21(31)28-17-8-4-6-15(10-17)23(24,25)26/h3-10,13,29H,11-12H2,1-2H3,(H,28,31). The number of alkyl halides is 3. The summed E-state index contributed by atoms with van der Waals surface area (Å²) in [6.07, 6.45) is -2.59. The second kappa shape index (κ2) is 8.37. The molecule has 2 aromatic carbocycles. The van der Waals surface area contributed by atoms with Crippen LogP contribution in [0.4, 0.5) is 24.5 Å². The summed E-state index contributed by atoms with van der Waals surface area (Å²) in [7, 11) is 0. The maximum atomic E-state index is 12.8. The smallest absolute Gasteiger partial charge is 0.416 e. The second-order valence-electron chi connectivity index (χ2n) is 8.14. The van der Waals surface area contributed by atoms with Crippen LogP contribution in [0.25, 0.3) is 0 Å². The molecule has 0 heterocycles. The lowest BCUT2D eigenvalue weighted by Gasteiger charge is -2.28. The number of aliphatic hydroxyl groups is 1. The van der Waals surface area contributed by atoms with Crippen molar-refractivity contribution in [2.45, 2.75) is 32.9 Å². The number of Topliss-reactive ketones (excluding diaryl/α,β-unsaturated/α-hetero) is 1. The van der Waals surface area contributed by atoms with E-state index in [4.69, 9.17) is 0 Å². The summed E-state index contributed by atoms with van der Waals surface area (Å²) in [5, 5.41) is 12.6. The number of carbonyl (C=O) groups is 2. The molecule has 162 valence electrons. The fourth-order valence-electron chi connectivity index (χ4n) is 3.29. The number of aliphatic hydroxyl groups excluding tert-OH is 1. The predicted octanol–water partition coefficient (Wildman–Crippen LogP) is 5.86. The van der Waals surface area contributed by atoms with Crippen molar-refractivity contribution in [2.24, 2.45) is 10.4 Å². The maximum absolute atomic E-state index is 12.8. The molecule has 1 aliphatic carbocycles. The fraction of sp³-hybridized carbons (Fsp3) is 0.261. The molecule has 3 rings (SSSR count). The number of nitrogens with one attached hydrogen (secondary N) is 1. The van der Waals surface area contributed by atoms with E-state index in [1.165, 1.54) is 30.5 Å². The highest BCUT2D eigenvalue weighted by atomic mass is 19.4. The van der Waals surface area contributed by atoms with Gasteiger partial charge in [0.25, 0.3) is 5.91 Å². The highest BCUT2D eigenvalue weighted by molar-refractivity contribution is 6.15. The molecular formula is C23H21F3N2O3. The molecule has 0 radical (unpaired) electrons. The monoisotopic (exact) mass is 430 g/mol. The number of amides is 1. The number of hydrogen-bond donors (Lipinski definition) is 2. The Morgan fingerprint density at radius 2 is 1.84 bits per heavy atom. The Kier molecular flexibility index (Phi) is 6.01. The highest BCUT2D eigenvalue weighted by Crippen LogP contribution is 2.35. The molecule has 0 fully saturated rings. The van der Waals surface area contributed by atoms with E-state index in [2.05, 4.69) is 10.3 Å². The van der Waals surface area contributed by atoms with Crippen LogP contribution in [0.5, 0.6) is 0 Å². The summed E-state index contributed by atoms with van der Waals surface area (Å²) in [4.78, 5) is 28.9. The number of ketones is 1. The van der Waals surface area contributed by atoms with Crippen LogP contribution in [-0.2, 0) is 11.0 Å². The van der Waals surface area contributed by atoms with Crippen molar-refractivity contribution in [1.82, 2.24) is 0 Å². The van der Waals surface area contributed by atoms with Gasteiger partial charge in [-0.15, -0.1) is 0 Å². The van der Waals surface area contributed by atoms with Crippen LogP contribution in [-0.4, -0.2) is 23.0 Å². The number of carbonyl (C=O) groups excluding carboxylic acids is 2. The summed E-state index contributed by atoms with van der Waals surface area (Å²) in [6, 6.07) is 10.4. The first kappa shape index (κ1) is 22.3. The molecule has 0 aromatic heterocycles. The third kappa shape index (κ3) is 5.59. The van der Waals surface area contributed by atoms with Crippen molar-refractivity contribution < 1.29 is 27.9 Å². The third-order valence-corrected chi connectivity index (χ3v) is 4.80. The average molecular weight is 430 g/mol. The molecule has 0 spiro atoms. The lowest BCUT2D eigenvalue weighted by molar-refractivity contribution is -0.137. The molecule has 0 bridgehead atoms. The summed E-state index contributed by atoms with van der Waals surface area (Å²) in [6.45, 7) is 3.78. The predicted molar refractivity (Wildman–Crippen MR) is 112 cm³/mol. The highest BCUT2D eigenvalue weighted by Gasteiger charge is 2.32. The number of hydrogen-bond acceptors (Lipinski definition) is 4. The molecule has 2 N–H and O–H groups in total. The zero-order valence-electron chi connectivity index (χ0n) is 17.0. The van der Waals surface area contributed by atoms with Gasteiger partial charge in [-0.1, -0.05) is 26.0 Å². The van der Waals surface area contributed by atoms with E-state index in [1.807, 2.05) is 13.8 Å². The van der Waals surface area contributed by atoms with Gasteiger partial charge in [-0.2, -0.15) is 13.2 Å². The molecule has 8 heteroatoms. The van der Waals surface area contributed by atoms with Crippen LogP contribution in [0.1, 0.15) is 42.6 Å². The van der Waals surface area contributed by atoms with E-state index < -0.39 is 17.6 Å². The Hall–Kier alpha value is -3.42. The van der Waals surface area contributed by atoms with Gasteiger partial charge in [0.2, 0.25) is 0 Å².